The Morgan fingerprint density at radius 1 is 0.973 bits per heavy atom. The summed E-state index contributed by atoms with van der Waals surface area (Å²) < 4.78 is 0. The number of benzene rings is 2. The van der Waals surface area contributed by atoms with Gasteiger partial charge < -0.3 is 31.8 Å². The van der Waals surface area contributed by atoms with Crippen LogP contribution in [-0.4, -0.2) is 52.0 Å². The van der Waals surface area contributed by atoms with Gasteiger partial charge in [-0.25, -0.2) is 0 Å². The molecule has 0 aliphatic carbocycles. The fourth-order valence-corrected chi connectivity index (χ4v) is 4.12. The molecule has 9 nitrogen and oxygen atoms in total. The van der Waals surface area contributed by atoms with Crippen molar-refractivity contribution < 1.29 is 19.5 Å². The fourth-order valence-electron chi connectivity index (χ4n) is 4.12. The van der Waals surface area contributed by atoms with Gasteiger partial charge in [-0.2, -0.15) is 0 Å². The highest BCUT2D eigenvalue weighted by molar-refractivity contribution is 5.91. The fraction of sp³-hybridized carbons (Fsp3) is 0.393. The summed E-state index contributed by atoms with van der Waals surface area (Å²) in [5.74, 6) is -1.53. The van der Waals surface area contributed by atoms with Crippen LogP contribution in [0.5, 0.6) is 0 Å². The third-order valence-corrected chi connectivity index (χ3v) is 6.30. The first-order chi connectivity index (χ1) is 17.8. The molecule has 0 bridgehead atoms. The average molecular weight is 508 g/mol. The summed E-state index contributed by atoms with van der Waals surface area (Å²) in [7, 11) is 0. The van der Waals surface area contributed by atoms with Crippen LogP contribution in [0.4, 0.5) is 0 Å². The number of aromatic amines is 1. The minimum atomic E-state index is -1.45. The first-order valence-corrected chi connectivity index (χ1v) is 12.7. The van der Waals surface area contributed by atoms with Crippen molar-refractivity contribution in [3.8, 4) is 0 Å². The quantitative estimate of drug-likeness (QED) is 0.209. The van der Waals surface area contributed by atoms with E-state index in [4.69, 9.17) is 5.73 Å². The highest BCUT2D eigenvalue weighted by atomic mass is 16.3. The highest BCUT2D eigenvalue weighted by Crippen LogP contribution is 2.19. The second-order valence-corrected chi connectivity index (χ2v) is 9.32. The van der Waals surface area contributed by atoms with Crippen LogP contribution in [0.25, 0.3) is 10.9 Å². The number of carbonyl (C=O) groups excluding carboxylic acids is 3. The summed E-state index contributed by atoms with van der Waals surface area (Å²) >= 11 is 0. The Morgan fingerprint density at radius 3 is 2.38 bits per heavy atom. The van der Waals surface area contributed by atoms with E-state index in [0.29, 0.717) is 12.8 Å². The molecule has 0 saturated carbocycles. The molecule has 0 spiro atoms. The van der Waals surface area contributed by atoms with Crippen molar-refractivity contribution in [3.63, 3.8) is 0 Å². The van der Waals surface area contributed by atoms with Gasteiger partial charge in [0, 0.05) is 30.1 Å². The number of unbranched alkanes of at least 4 members (excludes halogenated alkanes) is 1. The highest BCUT2D eigenvalue weighted by Gasteiger charge is 2.31. The van der Waals surface area contributed by atoms with Gasteiger partial charge in [0.15, 0.2) is 6.10 Å². The molecule has 1 aromatic heterocycles. The van der Waals surface area contributed by atoms with Crippen molar-refractivity contribution in [3.05, 3.63) is 71.9 Å². The number of fused-ring (bicyclic) bond motifs is 1. The van der Waals surface area contributed by atoms with Crippen molar-refractivity contribution in [2.45, 2.75) is 70.3 Å². The zero-order valence-corrected chi connectivity index (χ0v) is 21.4. The van der Waals surface area contributed by atoms with Crippen LogP contribution >= 0.6 is 0 Å². The number of hydrogen-bond donors (Lipinski definition) is 6. The first kappa shape index (κ1) is 27.9. The Balaban J connectivity index is 1.74. The number of aromatic nitrogens is 1. The molecular formula is C28H37N5O4. The molecule has 3 aromatic rings. The SMILES string of the molecule is CCCC[C@H](NC(=O)[C@H](Cc1c[nH]c2ccccc12)NC(=O)[C@H](C)N)C(O)C(=O)NCc1ccccc1. The molecule has 198 valence electrons. The van der Waals surface area contributed by atoms with Crippen molar-refractivity contribution in [1.82, 2.24) is 20.9 Å². The molecule has 3 rings (SSSR count). The lowest BCUT2D eigenvalue weighted by molar-refractivity contribution is -0.134. The van der Waals surface area contributed by atoms with E-state index in [2.05, 4.69) is 20.9 Å². The molecule has 4 atom stereocenters. The lowest BCUT2D eigenvalue weighted by Crippen LogP contribution is -2.57. The van der Waals surface area contributed by atoms with Crippen LogP contribution in [0.15, 0.2) is 60.8 Å². The van der Waals surface area contributed by atoms with Crippen LogP contribution < -0.4 is 21.7 Å². The third kappa shape index (κ3) is 7.90. The molecular weight excluding hydrogens is 470 g/mol. The lowest BCUT2D eigenvalue weighted by Gasteiger charge is -2.27. The van der Waals surface area contributed by atoms with E-state index >= 15 is 0 Å². The van der Waals surface area contributed by atoms with Gasteiger partial charge in [-0.1, -0.05) is 68.3 Å². The first-order valence-electron chi connectivity index (χ1n) is 12.7. The van der Waals surface area contributed by atoms with Crippen LogP contribution in [-0.2, 0) is 27.3 Å². The number of aliphatic hydroxyl groups is 1. The maximum Gasteiger partial charge on any atom is 0.251 e. The molecule has 37 heavy (non-hydrogen) atoms. The van der Waals surface area contributed by atoms with Crippen LogP contribution in [0.1, 0.15) is 44.2 Å². The van der Waals surface area contributed by atoms with Crippen LogP contribution in [0.2, 0.25) is 0 Å². The number of nitrogens with one attached hydrogen (secondary N) is 4. The minimum Gasteiger partial charge on any atom is -0.381 e. The predicted octanol–water partition coefficient (Wildman–Crippen LogP) is 1.89. The van der Waals surface area contributed by atoms with Gasteiger partial charge in [-0.15, -0.1) is 0 Å². The van der Waals surface area contributed by atoms with Crippen LogP contribution in [0, 0.1) is 0 Å². The van der Waals surface area contributed by atoms with Crippen molar-refractivity contribution in [1.29, 1.82) is 0 Å². The molecule has 0 aliphatic rings. The molecule has 3 amide bonds. The Morgan fingerprint density at radius 2 is 1.68 bits per heavy atom. The van der Waals surface area contributed by atoms with E-state index in [1.54, 1.807) is 6.92 Å². The number of nitrogens with two attached hydrogens (primary N) is 1. The van der Waals surface area contributed by atoms with E-state index in [9.17, 15) is 19.5 Å². The summed E-state index contributed by atoms with van der Waals surface area (Å²) in [5.41, 5.74) is 8.41. The number of aliphatic hydroxyl groups excluding tert-OH is 1. The molecule has 1 unspecified atom stereocenters. The van der Waals surface area contributed by atoms with E-state index in [0.717, 1.165) is 28.5 Å². The smallest absolute Gasteiger partial charge is 0.251 e. The Kier molecular flexibility index (Phi) is 10.2. The molecule has 7 N–H and O–H groups in total. The molecule has 2 aromatic carbocycles. The summed E-state index contributed by atoms with van der Waals surface area (Å²) in [4.78, 5) is 41.8. The number of para-hydroxylation sites is 1. The van der Waals surface area contributed by atoms with E-state index in [1.165, 1.54) is 0 Å². The van der Waals surface area contributed by atoms with Crippen molar-refractivity contribution in [2.24, 2.45) is 5.73 Å². The van der Waals surface area contributed by atoms with Crippen LogP contribution in [0.3, 0.4) is 0 Å². The summed E-state index contributed by atoms with van der Waals surface area (Å²) in [5, 5.41) is 20.1. The zero-order valence-electron chi connectivity index (χ0n) is 21.4. The van der Waals surface area contributed by atoms with E-state index < -0.39 is 42.0 Å². The van der Waals surface area contributed by atoms with Gasteiger partial charge in [-0.3, -0.25) is 14.4 Å². The number of carbonyl (C=O) groups is 3. The Hall–Kier alpha value is -3.69. The van der Waals surface area contributed by atoms with Gasteiger partial charge in [-0.05, 0) is 30.5 Å². The molecule has 0 fully saturated rings. The second kappa shape index (κ2) is 13.6. The molecule has 0 radical (unpaired) electrons. The molecule has 9 heteroatoms. The molecule has 1 heterocycles. The number of H-pyrrole nitrogens is 1. The molecule has 0 saturated heterocycles. The number of rotatable bonds is 13. The van der Waals surface area contributed by atoms with Gasteiger partial charge in [0.2, 0.25) is 11.8 Å². The van der Waals surface area contributed by atoms with Gasteiger partial charge >= 0.3 is 0 Å². The maximum absolute atomic E-state index is 13.4. The van der Waals surface area contributed by atoms with E-state index in [1.807, 2.05) is 67.7 Å². The minimum absolute atomic E-state index is 0.213. The maximum atomic E-state index is 13.4. The van der Waals surface area contributed by atoms with Crippen molar-refractivity contribution >= 4 is 28.6 Å². The lowest BCUT2D eigenvalue weighted by atomic mass is 10.0. The Labute approximate surface area is 217 Å². The zero-order chi connectivity index (χ0) is 26.8. The van der Waals surface area contributed by atoms with Gasteiger partial charge in [0.25, 0.3) is 5.91 Å². The van der Waals surface area contributed by atoms with Crippen molar-refractivity contribution in [2.75, 3.05) is 0 Å². The largest absolute Gasteiger partial charge is 0.381 e. The standard InChI is InChI=1S/C28H37N5O4/c1-3-4-13-23(25(34)28(37)31-16-19-10-6-5-7-11-19)32-27(36)24(33-26(35)18(2)29)15-20-17-30-22-14-9-8-12-21(20)22/h5-12,14,17-18,23-25,30,34H,3-4,13,15-16,29H2,1-2H3,(H,31,37)(H,32,36)(H,33,35)/t18-,23-,24-,25?/m0/s1. The Bertz CT molecular complexity index is 1180. The summed E-state index contributed by atoms with van der Waals surface area (Å²) in [6, 6.07) is 14.5. The molecule has 0 aliphatic heterocycles. The summed E-state index contributed by atoms with van der Waals surface area (Å²) in [6.45, 7) is 3.79. The number of amides is 3. The second-order valence-electron chi connectivity index (χ2n) is 9.32. The average Bonchev–Trinajstić information content (AvgIpc) is 3.31. The normalized spacial score (nSPS) is 14.4. The predicted molar refractivity (Wildman–Crippen MR) is 143 cm³/mol. The van der Waals surface area contributed by atoms with E-state index in [-0.39, 0.29) is 13.0 Å². The number of hydrogen-bond acceptors (Lipinski definition) is 5. The third-order valence-electron chi connectivity index (χ3n) is 6.30. The topological polar surface area (TPSA) is 149 Å². The monoisotopic (exact) mass is 507 g/mol. The summed E-state index contributed by atoms with van der Waals surface area (Å²) in [6.07, 6.45) is 2.51. The van der Waals surface area contributed by atoms with Gasteiger partial charge in [0.05, 0.1) is 12.1 Å². The van der Waals surface area contributed by atoms with Gasteiger partial charge in [0.1, 0.15) is 6.04 Å².